The van der Waals surface area contributed by atoms with Crippen LogP contribution >= 0.6 is 0 Å². The minimum absolute atomic E-state index is 0.140. The fraction of sp³-hybridized carbons (Fsp3) is 0.222. The van der Waals surface area contributed by atoms with Gasteiger partial charge in [0, 0.05) is 11.6 Å². The minimum Gasteiger partial charge on any atom is -0.444 e. The van der Waals surface area contributed by atoms with Crippen molar-refractivity contribution >= 4 is 11.9 Å². The van der Waals surface area contributed by atoms with Gasteiger partial charge >= 0.3 is 5.97 Å². The molecule has 0 saturated heterocycles. The molecule has 4 nitrogen and oxygen atoms in total. The van der Waals surface area contributed by atoms with Crippen LogP contribution in [0.4, 0.5) is 4.39 Å². The van der Waals surface area contributed by atoms with Crippen molar-refractivity contribution in [1.29, 1.82) is 0 Å². The number of esters is 1. The van der Waals surface area contributed by atoms with E-state index < -0.39 is 17.9 Å². The molecule has 1 aliphatic rings. The molecule has 1 fully saturated rings. The number of hydrogen-bond donors (Lipinski definition) is 1. The first kappa shape index (κ1) is 15.2. The number of benzene rings is 2. The van der Waals surface area contributed by atoms with E-state index in [0.717, 1.165) is 12.8 Å². The number of halogens is 1. The van der Waals surface area contributed by atoms with Gasteiger partial charge in [-0.1, -0.05) is 42.5 Å². The monoisotopic (exact) mass is 313 g/mol. The van der Waals surface area contributed by atoms with Gasteiger partial charge in [-0.2, -0.15) is 0 Å². The summed E-state index contributed by atoms with van der Waals surface area (Å²) in [5.74, 6) is -1.92. The van der Waals surface area contributed by atoms with Crippen molar-refractivity contribution in [1.82, 2.24) is 5.32 Å². The van der Waals surface area contributed by atoms with Crippen LogP contribution < -0.4 is 5.32 Å². The first-order valence-corrected chi connectivity index (χ1v) is 7.46. The molecule has 0 aliphatic heterocycles. The van der Waals surface area contributed by atoms with E-state index >= 15 is 0 Å². The lowest BCUT2D eigenvalue weighted by molar-refractivity contribution is -0.130. The molecule has 1 aliphatic carbocycles. The Kier molecular flexibility index (Phi) is 4.37. The Morgan fingerprint density at radius 1 is 1.04 bits per heavy atom. The van der Waals surface area contributed by atoms with Gasteiger partial charge < -0.3 is 10.1 Å². The van der Waals surface area contributed by atoms with Crippen LogP contribution in [0.1, 0.15) is 34.9 Å². The predicted octanol–water partition coefficient (Wildman–Crippen LogP) is 3.00. The van der Waals surface area contributed by atoms with E-state index in [4.69, 9.17) is 4.74 Å². The third-order valence-electron chi connectivity index (χ3n) is 3.58. The molecule has 1 saturated carbocycles. The summed E-state index contributed by atoms with van der Waals surface area (Å²) < 4.78 is 19.0. The highest BCUT2D eigenvalue weighted by molar-refractivity contribution is 5.93. The van der Waals surface area contributed by atoms with Crippen molar-refractivity contribution in [2.45, 2.75) is 25.0 Å². The first-order chi connectivity index (χ1) is 11.1. The van der Waals surface area contributed by atoms with E-state index in [-0.39, 0.29) is 17.5 Å². The molecule has 0 unspecified atom stereocenters. The van der Waals surface area contributed by atoms with E-state index in [1.165, 1.54) is 18.2 Å². The second-order valence-corrected chi connectivity index (χ2v) is 5.46. The van der Waals surface area contributed by atoms with Gasteiger partial charge in [-0.25, -0.2) is 9.18 Å². The number of carbonyl (C=O) groups excluding carboxylic acids is 2. The molecule has 0 bridgehead atoms. The van der Waals surface area contributed by atoms with E-state index in [0.29, 0.717) is 5.56 Å². The fourth-order valence-corrected chi connectivity index (χ4v) is 2.20. The molecule has 5 heteroatoms. The summed E-state index contributed by atoms with van der Waals surface area (Å²) in [5.41, 5.74) is 0.364. The van der Waals surface area contributed by atoms with Gasteiger partial charge in [0.25, 0.3) is 5.91 Å². The van der Waals surface area contributed by atoms with Crippen LogP contribution in [0.25, 0.3) is 0 Å². The van der Waals surface area contributed by atoms with Gasteiger partial charge in [0.05, 0.1) is 5.56 Å². The van der Waals surface area contributed by atoms with Crippen LogP contribution in [0.15, 0.2) is 54.6 Å². The Labute approximate surface area is 133 Å². The maximum Gasteiger partial charge on any atom is 0.342 e. The maximum atomic E-state index is 13.7. The van der Waals surface area contributed by atoms with E-state index in [1.807, 2.05) is 0 Å². The number of rotatable bonds is 5. The molecule has 0 aromatic heterocycles. The molecule has 0 heterocycles. The molecular weight excluding hydrogens is 297 g/mol. The number of ether oxygens (including phenoxy) is 1. The standard InChI is InChI=1S/C18H16FNO3/c19-15-9-5-4-8-14(15)18(22)23-16(12-6-2-1-3-7-12)17(21)20-13-10-11-13/h1-9,13,16H,10-11H2,(H,20,21)/t16-/m1/s1. The topological polar surface area (TPSA) is 55.4 Å². The summed E-state index contributed by atoms with van der Waals surface area (Å²) in [5, 5.41) is 2.81. The summed E-state index contributed by atoms with van der Waals surface area (Å²) >= 11 is 0. The number of carbonyl (C=O) groups is 2. The fourth-order valence-electron chi connectivity index (χ4n) is 2.20. The van der Waals surface area contributed by atoms with Gasteiger partial charge in [0.1, 0.15) is 5.82 Å². The normalized spacial score (nSPS) is 14.8. The Balaban J connectivity index is 1.82. The highest BCUT2D eigenvalue weighted by atomic mass is 19.1. The van der Waals surface area contributed by atoms with Crippen LogP contribution in [-0.4, -0.2) is 17.9 Å². The van der Waals surface area contributed by atoms with Crippen LogP contribution in [0.5, 0.6) is 0 Å². The maximum absolute atomic E-state index is 13.7. The van der Waals surface area contributed by atoms with Gasteiger partial charge in [-0.15, -0.1) is 0 Å². The largest absolute Gasteiger partial charge is 0.444 e. The lowest BCUT2D eigenvalue weighted by atomic mass is 10.1. The van der Waals surface area contributed by atoms with Crippen molar-refractivity contribution in [2.24, 2.45) is 0 Å². The Morgan fingerprint density at radius 3 is 2.35 bits per heavy atom. The molecule has 2 aromatic carbocycles. The van der Waals surface area contributed by atoms with Crippen molar-refractivity contribution in [2.75, 3.05) is 0 Å². The molecule has 0 radical (unpaired) electrons. The van der Waals surface area contributed by atoms with E-state index in [9.17, 15) is 14.0 Å². The van der Waals surface area contributed by atoms with Crippen molar-refractivity contribution in [3.8, 4) is 0 Å². The molecule has 2 aromatic rings. The molecule has 118 valence electrons. The van der Waals surface area contributed by atoms with Crippen LogP contribution in [0.3, 0.4) is 0 Å². The van der Waals surface area contributed by atoms with Gasteiger partial charge in [0.2, 0.25) is 6.10 Å². The second-order valence-electron chi connectivity index (χ2n) is 5.46. The van der Waals surface area contributed by atoms with Crippen LogP contribution in [-0.2, 0) is 9.53 Å². The molecule has 1 amide bonds. The van der Waals surface area contributed by atoms with Crippen molar-refractivity contribution < 1.29 is 18.7 Å². The highest BCUT2D eigenvalue weighted by Crippen LogP contribution is 2.24. The van der Waals surface area contributed by atoms with Crippen molar-refractivity contribution in [3.63, 3.8) is 0 Å². The zero-order chi connectivity index (χ0) is 16.2. The van der Waals surface area contributed by atoms with E-state index in [1.54, 1.807) is 36.4 Å². The van der Waals surface area contributed by atoms with Gasteiger partial charge in [-0.3, -0.25) is 4.79 Å². The third-order valence-corrected chi connectivity index (χ3v) is 3.58. The number of hydrogen-bond acceptors (Lipinski definition) is 3. The third kappa shape index (κ3) is 3.74. The minimum atomic E-state index is -1.09. The van der Waals surface area contributed by atoms with Gasteiger partial charge in [0.15, 0.2) is 0 Å². The predicted molar refractivity (Wildman–Crippen MR) is 82.2 cm³/mol. The number of amides is 1. The summed E-state index contributed by atoms with van der Waals surface area (Å²) in [7, 11) is 0. The summed E-state index contributed by atoms with van der Waals surface area (Å²) in [6.07, 6.45) is 0.757. The zero-order valence-corrected chi connectivity index (χ0v) is 12.4. The van der Waals surface area contributed by atoms with Crippen molar-refractivity contribution in [3.05, 3.63) is 71.5 Å². The smallest absolute Gasteiger partial charge is 0.342 e. The zero-order valence-electron chi connectivity index (χ0n) is 12.4. The Morgan fingerprint density at radius 2 is 1.70 bits per heavy atom. The highest BCUT2D eigenvalue weighted by Gasteiger charge is 2.31. The first-order valence-electron chi connectivity index (χ1n) is 7.46. The van der Waals surface area contributed by atoms with E-state index in [2.05, 4.69) is 5.32 Å². The molecule has 3 rings (SSSR count). The quantitative estimate of drug-likeness (QED) is 0.863. The lowest BCUT2D eigenvalue weighted by Crippen LogP contribution is -2.33. The molecule has 1 atom stereocenters. The Bertz CT molecular complexity index is 713. The lowest BCUT2D eigenvalue weighted by Gasteiger charge is -2.18. The molecule has 1 N–H and O–H groups in total. The van der Waals surface area contributed by atoms with Gasteiger partial charge in [-0.05, 0) is 25.0 Å². The average Bonchev–Trinajstić information content (AvgIpc) is 3.37. The van der Waals surface area contributed by atoms with Crippen LogP contribution in [0.2, 0.25) is 0 Å². The number of nitrogens with one attached hydrogen (secondary N) is 1. The Hall–Kier alpha value is -2.69. The SMILES string of the molecule is O=C(O[C@@H](C(=O)NC1CC1)c1ccccc1)c1ccccc1F. The summed E-state index contributed by atoms with van der Waals surface area (Å²) in [6, 6.07) is 14.4. The molecule has 0 spiro atoms. The van der Waals surface area contributed by atoms with Crippen LogP contribution in [0, 0.1) is 5.82 Å². The summed E-state index contributed by atoms with van der Waals surface area (Å²) in [6.45, 7) is 0. The molecular formula is C18H16FNO3. The second kappa shape index (κ2) is 6.60. The average molecular weight is 313 g/mol. The summed E-state index contributed by atoms with van der Waals surface area (Å²) in [4.78, 5) is 24.6. The molecule has 23 heavy (non-hydrogen) atoms.